The number of nitrogens with one attached hydrogen (secondary N) is 1. The predicted molar refractivity (Wildman–Crippen MR) is 85.6 cm³/mol. The smallest absolute Gasteiger partial charge is 0.250 e. The Bertz CT molecular complexity index is 587. The topological polar surface area (TPSA) is 46.5 Å². The van der Waals surface area contributed by atoms with Crippen LogP contribution < -0.4 is 10.9 Å². The average Bonchev–Trinajstić information content (AvgIpc) is 2.48. The van der Waals surface area contributed by atoms with Crippen LogP contribution in [-0.4, -0.2) is 47.9 Å². The number of ether oxygens (including phenoxy) is 1. The molecule has 2 aliphatic rings. The van der Waals surface area contributed by atoms with Gasteiger partial charge in [-0.1, -0.05) is 6.07 Å². The van der Waals surface area contributed by atoms with Crippen LogP contribution >= 0.6 is 12.2 Å². The first kappa shape index (κ1) is 14.5. The van der Waals surface area contributed by atoms with E-state index in [1.807, 2.05) is 10.6 Å². The van der Waals surface area contributed by atoms with Crippen LogP contribution in [-0.2, 0) is 11.3 Å². The van der Waals surface area contributed by atoms with Gasteiger partial charge in [0.2, 0.25) is 0 Å². The fourth-order valence-electron chi connectivity index (χ4n) is 3.43. The molecule has 114 valence electrons. The van der Waals surface area contributed by atoms with Gasteiger partial charge >= 0.3 is 0 Å². The minimum atomic E-state index is 0.122. The number of hydrogen-bond acceptors (Lipinski definition) is 3. The van der Waals surface area contributed by atoms with Crippen molar-refractivity contribution in [2.45, 2.75) is 18.9 Å². The molecule has 0 aliphatic carbocycles. The van der Waals surface area contributed by atoms with E-state index in [4.69, 9.17) is 17.0 Å². The van der Waals surface area contributed by atoms with Crippen molar-refractivity contribution in [2.24, 2.45) is 5.92 Å². The second-order valence-electron chi connectivity index (χ2n) is 5.83. The molecular weight excluding hydrogens is 286 g/mol. The van der Waals surface area contributed by atoms with E-state index in [9.17, 15) is 4.79 Å². The number of likely N-dealkylation sites (tertiary alicyclic amines) is 1. The van der Waals surface area contributed by atoms with Crippen LogP contribution in [0, 0.1) is 5.92 Å². The summed E-state index contributed by atoms with van der Waals surface area (Å²) in [5.74, 6) is 0.895. The van der Waals surface area contributed by atoms with E-state index in [0.29, 0.717) is 18.4 Å². The van der Waals surface area contributed by atoms with Crippen LogP contribution in [0.4, 0.5) is 0 Å². The molecule has 0 unspecified atom stereocenters. The van der Waals surface area contributed by atoms with Gasteiger partial charge in [-0.3, -0.25) is 4.79 Å². The molecule has 3 rings (SSSR count). The number of piperidine rings is 1. The minimum absolute atomic E-state index is 0.122. The minimum Gasteiger partial charge on any atom is -0.383 e. The number of rotatable bonds is 3. The monoisotopic (exact) mass is 307 g/mol. The molecule has 2 atom stereocenters. The molecule has 1 aromatic rings. The summed E-state index contributed by atoms with van der Waals surface area (Å²) in [7, 11) is 1.69. The molecule has 6 heteroatoms. The van der Waals surface area contributed by atoms with E-state index in [0.717, 1.165) is 43.4 Å². The number of hydrogen-bond donors (Lipinski definition) is 1. The Morgan fingerprint density at radius 2 is 2.29 bits per heavy atom. The van der Waals surface area contributed by atoms with Crippen molar-refractivity contribution in [3.05, 3.63) is 34.2 Å². The Balaban J connectivity index is 1.73. The van der Waals surface area contributed by atoms with Crippen LogP contribution in [0.2, 0.25) is 0 Å². The number of fused-ring (bicyclic) bond motifs is 4. The number of thiocarbonyl (C=S) groups is 1. The summed E-state index contributed by atoms with van der Waals surface area (Å²) >= 11 is 5.48. The Hall–Kier alpha value is -1.40. The number of nitrogens with zero attached hydrogens (tertiary/aromatic N) is 2. The van der Waals surface area contributed by atoms with Gasteiger partial charge in [-0.25, -0.2) is 0 Å². The first-order valence-corrected chi connectivity index (χ1v) is 7.81. The molecule has 0 aromatic carbocycles. The normalized spacial score (nSPS) is 23.6. The molecule has 0 radical (unpaired) electrons. The van der Waals surface area contributed by atoms with Gasteiger partial charge in [0.05, 0.1) is 6.61 Å². The van der Waals surface area contributed by atoms with Gasteiger partial charge in [-0.2, -0.15) is 0 Å². The largest absolute Gasteiger partial charge is 0.383 e. The molecule has 21 heavy (non-hydrogen) atoms. The van der Waals surface area contributed by atoms with Gasteiger partial charge in [0.1, 0.15) is 0 Å². The fraction of sp³-hybridized carbons (Fsp3) is 0.600. The third-order valence-corrected chi connectivity index (χ3v) is 4.75. The Morgan fingerprint density at radius 3 is 3.10 bits per heavy atom. The fourth-order valence-corrected chi connectivity index (χ4v) is 3.69. The number of aromatic nitrogens is 1. The highest BCUT2D eigenvalue weighted by atomic mass is 32.1. The Morgan fingerprint density at radius 1 is 1.43 bits per heavy atom. The zero-order valence-corrected chi connectivity index (χ0v) is 13.1. The first-order chi connectivity index (χ1) is 10.2. The number of pyridine rings is 1. The van der Waals surface area contributed by atoms with Crippen LogP contribution in [0.1, 0.15) is 18.0 Å². The van der Waals surface area contributed by atoms with Crippen molar-refractivity contribution in [3.8, 4) is 0 Å². The van der Waals surface area contributed by atoms with Gasteiger partial charge in [0.15, 0.2) is 5.11 Å². The zero-order valence-electron chi connectivity index (χ0n) is 12.2. The van der Waals surface area contributed by atoms with Gasteiger partial charge < -0.3 is 19.5 Å². The van der Waals surface area contributed by atoms with Gasteiger partial charge in [-0.05, 0) is 30.6 Å². The maximum absolute atomic E-state index is 12.0. The Kier molecular flexibility index (Phi) is 4.26. The molecule has 0 spiro atoms. The standard InChI is InChI=1S/C15H21N3O2S/c1-20-6-5-16-15(21)17-8-11-7-12(10-17)13-3-2-4-14(19)18(13)9-11/h2-4,11-12H,5-10H2,1H3,(H,16,21)/t11-,12-/m0/s1. The van der Waals surface area contributed by atoms with E-state index >= 15 is 0 Å². The summed E-state index contributed by atoms with van der Waals surface area (Å²) in [5.41, 5.74) is 1.28. The highest BCUT2D eigenvalue weighted by Crippen LogP contribution is 2.34. The first-order valence-electron chi connectivity index (χ1n) is 7.40. The van der Waals surface area contributed by atoms with E-state index < -0.39 is 0 Å². The summed E-state index contributed by atoms with van der Waals surface area (Å²) in [6, 6.07) is 5.59. The molecule has 3 heterocycles. The maximum atomic E-state index is 12.0. The lowest BCUT2D eigenvalue weighted by molar-refractivity contribution is 0.174. The van der Waals surface area contributed by atoms with Gasteiger partial charge in [0, 0.05) is 51.0 Å². The zero-order chi connectivity index (χ0) is 14.8. The summed E-state index contributed by atoms with van der Waals surface area (Å²) in [6.45, 7) is 4.01. The lowest BCUT2D eigenvalue weighted by atomic mass is 9.83. The third kappa shape index (κ3) is 2.96. The summed E-state index contributed by atoms with van der Waals surface area (Å²) in [4.78, 5) is 14.2. The summed E-state index contributed by atoms with van der Waals surface area (Å²) in [6.07, 6.45) is 1.15. The lowest BCUT2D eigenvalue weighted by Gasteiger charge is -2.43. The lowest BCUT2D eigenvalue weighted by Crippen LogP contribution is -2.52. The predicted octanol–water partition coefficient (Wildman–Crippen LogP) is 0.788. The number of methoxy groups -OCH3 is 1. The van der Waals surface area contributed by atoms with Crippen molar-refractivity contribution in [1.82, 2.24) is 14.8 Å². The van der Waals surface area contributed by atoms with Crippen LogP contribution in [0.5, 0.6) is 0 Å². The van der Waals surface area contributed by atoms with Gasteiger partial charge in [-0.15, -0.1) is 0 Å². The molecular formula is C15H21N3O2S. The van der Waals surface area contributed by atoms with Crippen molar-refractivity contribution < 1.29 is 4.74 Å². The highest BCUT2D eigenvalue weighted by molar-refractivity contribution is 7.80. The summed E-state index contributed by atoms with van der Waals surface area (Å²) in [5, 5.41) is 4.04. The molecule has 2 bridgehead atoms. The van der Waals surface area contributed by atoms with Crippen molar-refractivity contribution >= 4 is 17.3 Å². The maximum Gasteiger partial charge on any atom is 0.250 e. The molecule has 1 N–H and O–H groups in total. The van der Waals surface area contributed by atoms with Crippen LogP contribution in [0.25, 0.3) is 0 Å². The second-order valence-corrected chi connectivity index (χ2v) is 6.21. The quantitative estimate of drug-likeness (QED) is 0.661. The van der Waals surface area contributed by atoms with E-state index in [1.165, 1.54) is 0 Å². The van der Waals surface area contributed by atoms with E-state index in [2.05, 4.69) is 16.3 Å². The molecule has 1 saturated heterocycles. The molecule has 1 aromatic heterocycles. The molecule has 0 saturated carbocycles. The van der Waals surface area contributed by atoms with E-state index in [1.54, 1.807) is 13.2 Å². The van der Waals surface area contributed by atoms with E-state index in [-0.39, 0.29) is 5.56 Å². The molecule has 2 aliphatic heterocycles. The molecule has 1 fully saturated rings. The summed E-state index contributed by atoms with van der Waals surface area (Å²) < 4.78 is 6.98. The Labute approximate surface area is 129 Å². The van der Waals surface area contributed by atoms with Crippen LogP contribution in [0.15, 0.2) is 23.0 Å². The second kappa shape index (κ2) is 6.15. The van der Waals surface area contributed by atoms with Crippen LogP contribution in [0.3, 0.4) is 0 Å². The molecule has 5 nitrogen and oxygen atoms in total. The van der Waals surface area contributed by atoms with Gasteiger partial charge in [0.25, 0.3) is 5.56 Å². The highest BCUT2D eigenvalue weighted by Gasteiger charge is 2.35. The average molecular weight is 307 g/mol. The SMILES string of the molecule is COCCNC(=S)N1C[C@@H]2C[C@@H](C1)c1cccc(=O)n1C2. The van der Waals surface area contributed by atoms with Crippen molar-refractivity contribution in [3.63, 3.8) is 0 Å². The van der Waals surface area contributed by atoms with Crippen molar-refractivity contribution in [1.29, 1.82) is 0 Å². The molecule has 0 amide bonds. The van der Waals surface area contributed by atoms with Crippen molar-refractivity contribution in [2.75, 3.05) is 33.4 Å². The third-order valence-electron chi connectivity index (χ3n) is 4.35.